The first kappa shape index (κ1) is 12.0. The van der Waals surface area contributed by atoms with Crippen molar-refractivity contribution in [2.45, 2.75) is 6.42 Å². The fourth-order valence-corrected chi connectivity index (χ4v) is 1.90. The van der Waals surface area contributed by atoms with E-state index in [2.05, 4.69) is 10.6 Å². The zero-order valence-electron chi connectivity index (χ0n) is 9.30. The Morgan fingerprint density at radius 3 is 3.00 bits per heavy atom. The fraction of sp³-hybridized carbons (Fsp3) is 0.417. The van der Waals surface area contributed by atoms with Crippen molar-refractivity contribution < 1.29 is 13.6 Å². The number of carbonyl (C=O) groups is 1. The molecule has 0 aromatic heterocycles. The largest absolute Gasteiger partial charge is 0.352 e. The summed E-state index contributed by atoms with van der Waals surface area (Å²) in [6, 6.07) is 3.60. The Kier molecular flexibility index (Phi) is 3.68. The van der Waals surface area contributed by atoms with Gasteiger partial charge in [-0.05, 0) is 37.6 Å². The molecule has 1 atom stereocenters. The van der Waals surface area contributed by atoms with E-state index in [-0.39, 0.29) is 5.56 Å². The quantitative estimate of drug-likeness (QED) is 0.836. The van der Waals surface area contributed by atoms with Crippen molar-refractivity contribution in [1.29, 1.82) is 0 Å². The van der Waals surface area contributed by atoms with Gasteiger partial charge in [-0.1, -0.05) is 6.07 Å². The third kappa shape index (κ3) is 2.79. The van der Waals surface area contributed by atoms with Crippen LogP contribution in [0, 0.1) is 17.6 Å². The van der Waals surface area contributed by atoms with E-state index in [1.807, 2.05) is 0 Å². The van der Waals surface area contributed by atoms with Crippen LogP contribution in [-0.4, -0.2) is 25.5 Å². The molecule has 1 aromatic carbocycles. The molecule has 2 N–H and O–H groups in total. The van der Waals surface area contributed by atoms with Crippen LogP contribution >= 0.6 is 0 Å². The first-order chi connectivity index (χ1) is 8.18. The van der Waals surface area contributed by atoms with Crippen LogP contribution in [0.1, 0.15) is 16.8 Å². The van der Waals surface area contributed by atoms with Crippen molar-refractivity contribution in [2.24, 2.45) is 5.92 Å². The number of rotatable bonds is 3. The van der Waals surface area contributed by atoms with Crippen molar-refractivity contribution in [3.8, 4) is 0 Å². The highest BCUT2D eigenvalue weighted by atomic mass is 19.2. The topological polar surface area (TPSA) is 41.1 Å². The van der Waals surface area contributed by atoms with Gasteiger partial charge in [0, 0.05) is 6.54 Å². The number of halogens is 2. The number of hydrogen-bond donors (Lipinski definition) is 2. The minimum atomic E-state index is -1.09. The SMILES string of the molecule is O=C(NCC1CCNC1)c1cccc(F)c1F. The van der Waals surface area contributed by atoms with Crippen molar-refractivity contribution in [3.63, 3.8) is 0 Å². The smallest absolute Gasteiger partial charge is 0.254 e. The van der Waals surface area contributed by atoms with Crippen LogP contribution in [0.3, 0.4) is 0 Å². The molecule has 0 bridgehead atoms. The summed E-state index contributed by atoms with van der Waals surface area (Å²) in [6.07, 6.45) is 0.992. The van der Waals surface area contributed by atoms with Crippen molar-refractivity contribution in [3.05, 3.63) is 35.4 Å². The van der Waals surface area contributed by atoms with Gasteiger partial charge in [-0.15, -0.1) is 0 Å². The number of amides is 1. The van der Waals surface area contributed by atoms with E-state index in [1.54, 1.807) is 0 Å². The number of hydrogen-bond acceptors (Lipinski definition) is 2. The molecule has 1 aliphatic rings. The Balaban J connectivity index is 1.97. The number of benzene rings is 1. The molecule has 0 spiro atoms. The average Bonchev–Trinajstić information content (AvgIpc) is 2.82. The third-order valence-corrected chi connectivity index (χ3v) is 2.91. The predicted octanol–water partition coefficient (Wildman–Crippen LogP) is 1.30. The summed E-state index contributed by atoms with van der Waals surface area (Å²) in [5, 5.41) is 5.79. The van der Waals surface area contributed by atoms with Crippen LogP contribution in [0.15, 0.2) is 18.2 Å². The average molecular weight is 240 g/mol. The molecule has 1 heterocycles. The highest BCUT2D eigenvalue weighted by Gasteiger charge is 2.18. The molecule has 5 heteroatoms. The molecule has 3 nitrogen and oxygen atoms in total. The molecule has 2 rings (SSSR count). The monoisotopic (exact) mass is 240 g/mol. The van der Waals surface area contributed by atoms with Crippen LogP contribution in [0.25, 0.3) is 0 Å². The van der Waals surface area contributed by atoms with Crippen LogP contribution < -0.4 is 10.6 Å². The van der Waals surface area contributed by atoms with Gasteiger partial charge in [-0.3, -0.25) is 4.79 Å². The maximum absolute atomic E-state index is 13.3. The van der Waals surface area contributed by atoms with Crippen LogP contribution in [0.5, 0.6) is 0 Å². The van der Waals surface area contributed by atoms with E-state index in [0.717, 1.165) is 25.6 Å². The second-order valence-electron chi connectivity index (χ2n) is 4.17. The Labute approximate surface area is 98.2 Å². The molecule has 17 heavy (non-hydrogen) atoms. The second-order valence-corrected chi connectivity index (χ2v) is 4.17. The first-order valence-electron chi connectivity index (χ1n) is 5.61. The first-order valence-corrected chi connectivity index (χ1v) is 5.61. The Morgan fingerprint density at radius 1 is 1.47 bits per heavy atom. The lowest BCUT2D eigenvalue weighted by molar-refractivity contribution is 0.0943. The highest BCUT2D eigenvalue weighted by Crippen LogP contribution is 2.12. The minimum absolute atomic E-state index is 0.240. The van der Waals surface area contributed by atoms with Gasteiger partial charge < -0.3 is 10.6 Å². The maximum atomic E-state index is 13.3. The molecule has 0 aliphatic carbocycles. The molecule has 1 amide bonds. The van der Waals surface area contributed by atoms with Crippen molar-refractivity contribution >= 4 is 5.91 Å². The lowest BCUT2D eigenvalue weighted by atomic mass is 10.1. The summed E-state index contributed by atoms with van der Waals surface area (Å²) in [7, 11) is 0. The number of nitrogens with one attached hydrogen (secondary N) is 2. The highest BCUT2D eigenvalue weighted by molar-refractivity contribution is 5.94. The van der Waals surface area contributed by atoms with Crippen molar-refractivity contribution in [2.75, 3.05) is 19.6 Å². The maximum Gasteiger partial charge on any atom is 0.254 e. The summed E-state index contributed by atoms with van der Waals surface area (Å²) in [5.41, 5.74) is -0.240. The standard InChI is InChI=1S/C12H14F2N2O/c13-10-3-1-2-9(11(10)14)12(17)16-7-8-4-5-15-6-8/h1-3,8,15H,4-7H2,(H,16,17). The molecule has 92 valence electrons. The minimum Gasteiger partial charge on any atom is -0.352 e. The Bertz CT molecular complexity index is 417. The van der Waals surface area contributed by atoms with Crippen LogP contribution in [-0.2, 0) is 0 Å². The Morgan fingerprint density at radius 2 is 2.29 bits per heavy atom. The zero-order valence-corrected chi connectivity index (χ0v) is 9.30. The second kappa shape index (κ2) is 5.23. The molecule has 1 saturated heterocycles. The molecule has 0 saturated carbocycles. The van der Waals surface area contributed by atoms with Gasteiger partial charge in [0.15, 0.2) is 11.6 Å². The third-order valence-electron chi connectivity index (χ3n) is 2.91. The van der Waals surface area contributed by atoms with Gasteiger partial charge in [-0.25, -0.2) is 8.78 Å². The molecule has 1 unspecified atom stereocenters. The van der Waals surface area contributed by atoms with Gasteiger partial charge >= 0.3 is 0 Å². The zero-order chi connectivity index (χ0) is 12.3. The normalized spacial score (nSPS) is 19.3. The lowest BCUT2D eigenvalue weighted by Gasteiger charge is -2.10. The molecule has 1 aliphatic heterocycles. The van der Waals surface area contributed by atoms with E-state index in [4.69, 9.17) is 0 Å². The Hall–Kier alpha value is -1.49. The van der Waals surface area contributed by atoms with E-state index < -0.39 is 17.5 Å². The number of carbonyl (C=O) groups excluding carboxylic acids is 1. The summed E-state index contributed by atoms with van der Waals surface area (Å²) >= 11 is 0. The lowest BCUT2D eigenvalue weighted by Crippen LogP contribution is -2.30. The van der Waals surface area contributed by atoms with E-state index in [1.165, 1.54) is 12.1 Å². The molecular formula is C12H14F2N2O. The molecule has 0 radical (unpaired) electrons. The van der Waals surface area contributed by atoms with E-state index in [0.29, 0.717) is 12.5 Å². The van der Waals surface area contributed by atoms with Gasteiger partial charge in [-0.2, -0.15) is 0 Å². The molecule has 1 fully saturated rings. The van der Waals surface area contributed by atoms with Gasteiger partial charge in [0.1, 0.15) is 0 Å². The summed E-state index contributed by atoms with van der Waals surface area (Å²) in [6.45, 7) is 2.28. The fourth-order valence-electron chi connectivity index (χ4n) is 1.90. The van der Waals surface area contributed by atoms with Crippen molar-refractivity contribution in [1.82, 2.24) is 10.6 Å². The molecule has 1 aromatic rings. The van der Waals surface area contributed by atoms with Gasteiger partial charge in [0.25, 0.3) is 5.91 Å². The predicted molar refractivity (Wildman–Crippen MR) is 59.7 cm³/mol. The summed E-state index contributed by atoms with van der Waals surface area (Å²) in [4.78, 5) is 11.6. The van der Waals surface area contributed by atoms with Crippen LogP contribution in [0.2, 0.25) is 0 Å². The van der Waals surface area contributed by atoms with Crippen LogP contribution in [0.4, 0.5) is 8.78 Å². The summed E-state index contributed by atoms with van der Waals surface area (Å²) < 4.78 is 26.2. The summed E-state index contributed by atoms with van der Waals surface area (Å²) in [5.74, 6) is -2.28. The van der Waals surface area contributed by atoms with Gasteiger partial charge in [0.05, 0.1) is 5.56 Å². The molecular weight excluding hydrogens is 226 g/mol. The van der Waals surface area contributed by atoms with E-state index in [9.17, 15) is 13.6 Å². The van der Waals surface area contributed by atoms with Gasteiger partial charge in [0.2, 0.25) is 0 Å². The van der Waals surface area contributed by atoms with E-state index >= 15 is 0 Å².